The number of methoxy groups -OCH3 is 1. The highest BCUT2D eigenvalue weighted by Crippen LogP contribution is 2.48. The molecule has 2 unspecified atom stereocenters. The quantitative estimate of drug-likeness (QED) is 0.839. The second-order valence-electron chi connectivity index (χ2n) is 7.03. The van der Waals surface area contributed by atoms with Crippen molar-refractivity contribution in [1.82, 2.24) is 0 Å². The normalized spacial score (nSPS) is 21.3. The molecule has 6 heteroatoms. The molecule has 2 atom stereocenters. The van der Waals surface area contributed by atoms with Gasteiger partial charge in [-0.3, -0.25) is 9.59 Å². The number of hydrogen-bond donors (Lipinski definition) is 1. The van der Waals surface area contributed by atoms with Gasteiger partial charge in [-0.25, -0.2) is 0 Å². The van der Waals surface area contributed by atoms with Crippen LogP contribution in [0.1, 0.15) is 30.7 Å². The number of amides is 2. The summed E-state index contributed by atoms with van der Waals surface area (Å²) in [6, 6.07) is 13.1. The van der Waals surface area contributed by atoms with Crippen molar-refractivity contribution < 1.29 is 14.3 Å². The first-order valence-corrected chi connectivity index (χ1v) is 9.49. The number of anilines is 2. The van der Waals surface area contributed by atoms with Crippen molar-refractivity contribution in [3.8, 4) is 5.75 Å². The molecule has 1 saturated heterocycles. The first-order valence-electron chi connectivity index (χ1n) is 9.11. The summed E-state index contributed by atoms with van der Waals surface area (Å²) in [7, 11) is 1.58. The van der Waals surface area contributed by atoms with Gasteiger partial charge in [-0.15, -0.1) is 0 Å². The van der Waals surface area contributed by atoms with Crippen molar-refractivity contribution in [3.63, 3.8) is 0 Å². The third-order valence-corrected chi connectivity index (χ3v) is 5.45. The van der Waals surface area contributed by atoms with E-state index in [4.69, 9.17) is 16.3 Å². The molecule has 140 valence electrons. The van der Waals surface area contributed by atoms with Crippen LogP contribution in [0.25, 0.3) is 0 Å². The van der Waals surface area contributed by atoms with Gasteiger partial charge in [0.05, 0.1) is 12.8 Å². The molecule has 1 N–H and O–H groups in total. The van der Waals surface area contributed by atoms with Crippen molar-refractivity contribution in [2.75, 3.05) is 23.9 Å². The molecule has 1 aliphatic carbocycles. The number of ether oxygens (including phenoxy) is 1. The van der Waals surface area contributed by atoms with Crippen LogP contribution in [0.3, 0.4) is 0 Å². The number of hydrogen-bond acceptors (Lipinski definition) is 3. The highest BCUT2D eigenvalue weighted by Gasteiger charge is 2.44. The summed E-state index contributed by atoms with van der Waals surface area (Å²) < 4.78 is 5.39. The minimum Gasteiger partial charge on any atom is -0.495 e. The lowest BCUT2D eigenvalue weighted by molar-refractivity contribution is -0.118. The Hall–Kier alpha value is -2.53. The Bertz CT molecular complexity index is 899. The van der Waals surface area contributed by atoms with E-state index in [0.717, 1.165) is 18.4 Å². The van der Waals surface area contributed by atoms with Crippen molar-refractivity contribution in [3.05, 3.63) is 53.1 Å². The minimum absolute atomic E-state index is 0.0103. The van der Waals surface area contributed by atoms with Gasteiger partial charge < -0.3 is 15.0 Å². The topological polar surface area (TPSA) is 58.6 Å². The predicted octanol–water partition coefficient (Wildman–Crippen LogP) is 4.22. The third-order valence-electron chi connectivity index (χ3n) is 5.21. The Morgan fingerprint density at radius 1 is 1.26 bits per heavy atom. The largest absolute Gasteiger partial charge is 0.495 e. The van der Waals surface area contributed by atoms with Gasteiger partial charge in [-0.1, -0.05) is 23.7 Å². The molecule has 1 heterocycles. The van der Waals surface area contributed by atoms with E-state index in [2.05, 4.69) is 5.32 Å². The van der Waals surface area contributed by atoms with Gasteiger partial charge in [-0.2, -0.15) is 0 Å². The Morgan fingerprint density at radius 3 is 2.81 bits per heavy atom. The zero-order chi connectivity index (χ0) is 19.0. The average molecular weight is 385 g/mol. The molecule has 2 amide bonds. The first kappa shape index (κ1) is 17.9. The maximum atomic E-state index is 12.6. The fraction of sp³-hybridized carbons (Fsp3) is 0.333. The summed E-state index contributed by atoms with van der Waals surface area (Å²) >= 11 is 6.05. The van der Waals surface area contributed by atoms with Crippen LogP contribution in [0.5, 0.6) is 5.75 Å². The van der Waals surface area contributed by atoms with Crippen LogP contribution < -0.4 is 15.0 Å². The van der Waals surface area contributed by atoms with Crippen molar-refractivity contribution >= 4 is 34.8 Å². The number of rotatable bonds is 5. The lowest BCUT2D eigenvalue weighted by atomic mass is 10.1. The Labute approximate surface area is 163 Å². The summed E-state index contributed by atoms with van der Waals surface area (Å²) in [5.41, 5.74) is 2.48. The summed E-state index contributed by atoms with van der Waals surface area (Å²) in [4.78, 5) is 26.5. The molecule has 2 aromatic rings. The number of carbonyl (C=O) groups excluding carboxylic acids is 2. The second kappa shape index (κ2) is 7.24. The van der Waals surface area contributed by atoms with E-state index in [1.807, 2.05) is 30.3 Å². The van der Waals surface area contributed by atoms with Crippen LogP contribution in [0.4, 0.5) is 11.4 Å². The maximum absolute atomic E-state index is 12.6. The summed E-state index contributed by atoms with van der Waals surface area (Å²) in [5, 5.41) is 3.67. The average Bonchev–Trinajstić information content (AvgIpc) is 3.36. The SMILES string of the molecule is COc1ccc(NC(=O)C2CC2c2cccc(Cl)c2)cc1N1CCCC1=O. The summed E-state index contributed by atoms with van der Waals surface area (Å²) in [6.07, 6.45) is 2.20. The molecule has 0 radical (unpaired) electrons. The van der Waals surface area contributed by atoms with Crippen molar-refractivity contribution in [2.24, 2.45) is 5.92 Å². The monoisotopic (exact) mass is 384 g/mol. The number of benzene rings is 2. The molecule has 0 aromatic heterocycles. The van der Waals surface area contributed by atoms with Crippen molar-refractivity contribution in [2.45, 2.75) is 25.2 Å². The van der Waals surface area contributed by atoms with E-state index < -0.39 is 0 Å². The maximum Gasteiger partial charge on any atom is 0.228 e. The zero-order valence-corrected chi connectivity index (χ0v) is 15.8. The van der Waals surface area contributed by atoms with E-state index in [9.17, 15) is 9.59 Å². The van der Waals surface area contributed by atoms with Crippen molar-refractivity contribution in [1.29, 1.82) is 0 Å². The highest BCUT2D eigenvalue weighted by molar-refractivity contribution is 6.30. The molecule has 2 aromatic carbocycles. The number of nitrogens with one attached hydrogen (secondary N) is 1. The van der Waals surface area contributed by atoms with Gasteiger partial charge in [-0.05, 0) is 54.7 Å². The molecule has 1 saturated carbocycles. The molecule has 2 aliphatic rings. The molecule has 2 fully saturated rings. The summed E-state index contributed by atoms with van der Waals surface area (Å²) in [5.74, 6) is 0.860. The molecule has 4 rings (SSSR count). The lowest BCUT2D eigenvalue weighted by Gasteiger charge is -2.20. The van der Waals surface area contributed by atoms with Crippen LogP contribution in [0.15, 0.2) is 42.5 Å². The standard InChI is InChI=1S/C21H21ClN2O3/c1-27-19-8-7-15(11-18(19)24-9-3-6-20(24)25)23-21(26)17-12-16(17)13-4-2-5-14(22)10-13/h2,4-5,7-8,10-11,16-17H,3,6,9,12H2,1H3,(H,23,26). The van der Waals surface area contributed by atoms with E-state index >= 15 is 0 Å². The Balaban J connectivity index is 1.48. The molecule has 27 heavy (non-hydrogen) atoms. The lowest BCUT2D eigenvalue weighted by Crippen LogP contribution is -2.24. The molecular formula is C21H21ClN2O3. The minimum atomic E-state index is -0.0533. The second-order valence-corrected chi connectivity index (χ2v) is 7.46. The Kier molecular flexibility index (Phi) is 4.79. The Morgan fingerprint density at radius 2 is 2.11 bits per heavy atom. The predicted molar refractivity (Wildman–Crippen MR) is 106 cm³/mol. The number of carbonyl (C=O) groups is 2. The van der Waals surface area contributed by atoms with Gasteiger partial charge in [0.15, 0.2) is 0 Å². The highest BCUT2D eigenvalue weighted by atomic mass is 35.5. The number of nitrogens with zero attached hydrogens (tertiary/aromatic N) is 1. The van der Waals surface area contributed by atoms with Crippen LogP contribution in [0.2, 0.25) is 5.02 Å². The van der Waals surface area contributed by atoms with Crippen LogP contribution in [0, 0.1) is 5.92 Å². The van der Waals surface area contributed by atoms with Crippen LogP contribution in [-0.4, -0.2) is 25.5 Å². The van der Waals surface area contributed by atoms with Gasteiger partial charge in [0, 0.05) is 29.6 Å². The molecular weight excluding hydrogens is 364 g/mol. The molecule has 0 bridgehead atoms. The smallest absolute Gasteiger partial charge is 0.228 e. The fourth-order valence-corrected chi connectivity index (χ4v) is 3.91. The van der Waals surface area contributed by atoms with E-state index in [1.165, 1.54) is 0 Å². The van der Waals surface area contributed by atoms with Gasteiger partial charge in [0.1, 0.15) is 5.75 Å². The zero-order valence-electron chi connectivity index (χ0n) is 15.1. The van der Waals surface area contributed by atoms with E-state index in [1.54, 1.807) is 24.1 Å². The number of halogens is 1. The van der Waals surface area contributed by atoms with Gasteiger partial charge in [0.25, 0.3) is 0 Å². The van der Waals surface area contributed by atoms with Crippen LogP contribution in [-0.2, 0) is 9.59 Å². The fourth-order valence-electron chi connectivity index (χ4n) is 3.71. The van der Waals surface area contributed by atoms with Gasteiger partial charge >= 0.3 is 0 Å². The van der Waals surface area contributed by atoms with E-state index in [0.29, 0.717) is 35.1 Å². The summed E-state index contributed by atoms with van der Waals surface area (Å²) in [6.45, 7) is 0.673. The van der Waals surface area contributed by atoms with Gasteiger partial charge in [0.2, 0.25) is 11.8 Å². The molecule has 1 aliphatic heterocycles. The van der Waals surface area contributed by atoms with E-state index in [-0.39, 0.29) is 23.7 Å². The first-order chi connectivity index (χ1) is 13.1. The van der Waals surface area contributed by atoms with Crippen LogP contribution >= 0.6 is 11.6 Å². The molecule has 5 nitrogen and oxygen atoms in total. The third kappa shape index (κ3) is 3.65. The molecule has 0 spiro atoms.